The molecule has 0 amide bonds. The highest BCUT2D eigenvalue weighted by Gasteiger charge is 2.09. The molecule has 0 bridgehead atoms. The summed E-state index contributed by atoms with van der Waals surface area (Å²) in [6, 6.07) is 6.89. The summed E-state index contributed by atoms with van der Waals surface area (Å²) in [4.78, 5) is 0. The van der Waals surface area contributed by atoms with Crippen LogP contribution in [0.15, 0.2) is 24.3 Å². The Morgan fingerprint density at radius 2 is 2.00 bits per heavy atom. The van der Waals surface area contributed by atoms with Gasteiger partial charge in [-0.25, -0.2) is 0 Å². The normalized spacial score (nSPS) is 10.7. The zero-order chi connectivity index (χ0) is 8.97. The Hall–Kier alpha value is -0.320. The molecule has 0 heterocycles. The maximum absolute atomic E-state index is 9.98. The van der Waals surface area contributed by atoms with Crippen LogP contribution in [0.2, 0.25) is 5.02 Å². The number of hydrogen-bond donors (Lipinski definition) is 0. The van der Waals surface area contributed by atoms with Crippen LogP contribution in [0.5, 0.6) is 0 Å². The topological polar surface area (TPSA) is 55.3 Å². The minimum atomic E-state index is -2.17. The zero-order valence-corrected chi connectivity index (χ0v) is 7.51. The van der Waals surface area contributed by atoms with Crippen molar-refractivity contribution in [3.8, 4) is 0 Å². The van der Waals surface area contributed by atoms with Gasteiger partial charge in [-0.15, -0.1) is 0 Å². The van der Waals surface area contributed by atoms with Gasteiger partial charge in [-0.1, -0.05) is 29.8 Å². The fourth-order valence-corrected chi connectivity index (χ4v) is 1.12. The van der Waals surface area contributed by atoms with E-state index in [1.807, 2.05) is 0 Å². The van der Waals surface area contributed by atoms with Crippen LogP contribution < -0.4 is 9.32 Å². The Balaban J connectivity index is 2.57. The van der Waals surface area contributed by atoms with Gasteiger partial charge in [-0.3, -0.25) is 0 Å². The maximum Gasteiger partial charge on any atom is 0.286 e. The van der Waals surface area contributed by atoms with Crippen LogP contribution in [-0.4, -0.2) is 0 Å². The standard InChI is InChI=1S/C7H6Cl2O3/c8-7-4-2-1-3-6(7)5-12-9(10)11/h1-4H,5H2. The molecular weight excluding hydrogens is 203 g/mol. The average molecular weight is 209 g/mol. The van der Waals surface area contributed by atoms with E-state index in [2.05, 4.69) is 4.29 Å². The number of hydrogen-bond acceptors (Lipinski definition) is 3. The zero-order valence-electron chi connectivity index (χ0n) is 6.00. The first-order valence-corrected chi connectivity index (χ1v) is 4.43. The highest BCUT2D eigenvalue weighted by atomic mass is 35.6. The van der Waals surface area contributed by atoms with Crippen LogP contribution in [0.4, 0.5) is 0 Å². The summed E-state index contributed by atoms with van der Waals surface area (Å²) in [5.41, 5.74) is 0.647. The summed E-state index contributed by atoms with van der Waals surface area (Å²) >= 11 is 5.72. The minimum absolute atomic E-state index is 0.0345. The van der Waals surface area contributed by atoms with Crippen molar-refractivity contribution in [3.05, 3.63) is 34.9 Å². The summed E-state index contributed by atoms with van der Waals surface area (Å²) in [6.07, 6.45) is 0. The van der Waals surface area contributed by atoms with Gasteiger partial charge in [0.25, 0.3) is 10.8 Å². The van der Waals surface area contributed by atoms with Gasteiger partial charge < -0.3 is 9.32 Å². The van der Waals surface area contributed by atoms with E-state index < -0.39 is 10.8 Å². The lowest BCUT2D eigenvalue weighted by Gasteiger charge is -1.98. The quantitative estimate of drug-likeness (QED) is 0.700. The molecule has 0 unspecified atom stereocenters. The molecule has 66 valence electrons. The van der Waals surface area contributed by atoms with E-state index in [-0.39, 0.29) is 6.61 Å². The first-order chi connectivity index (χ1) is 5.70. The van der Waals surface area contributed by atoms with E-state index in [1.54, 1.807) is 24.3 Å². The summed E-state index contributed by atoms with van der Waals surface area (Å²) in [7, 11) is -2.17. The molecule has 12 heavy (non-hydrogen) atoms. The molecule has 1 rings (SSSR count). The summed E-state index contributed by atoms with van der Waals surface area (Å²) in [6.45, 7) is -0.0345. The van der Waals surface area contributed by atoms with Crippen molar-refractivity contribution in [1.82, 2.24) is 0 Å². The van der Waals surface area contributed by atoms with E-state index in [0.717, 1.165) is 0 Å². The Morgan fingerprint density at radius 1 is 1.33 bits per heavy atom. The third-order valence-electron chi connectivity index (χ3n) is 1.26. The molecule has 0 fully saturated rings. The Bertz CT molecular complexity index is 252. The van der Waals surface area contributed by atoms with Gasteiger partial charge >= 0.3 is 0 Å². The molecule has 5 heteroatoms. The van der Waals surface area contributed by atoms with E-state index in [9.17, 15) is 9.32 Å². The lowest BCUT2D eigenvalue weighted by molar-refractivity contribution is -1.63. The van der Waals surface area contributed by atoms with E-state index in [1.165, 1.54) is 0 Å². The van der Waals surface area contributed by atoms with Crippen LogP contribution in [0.3, 0.4) is 0 Å². The van der Waals surface area contributed by atoms with Crippen LogP contribution in [0, 0.1) is 10.8 Å². The molecule has 0 aliphatic rings. The Morgan fingerprint density at radius 3 is 2.58 bits per heavy atom. The molecule has 0 aromatic heterocycles. The molecule has 0 aliphatic carbocycles. The molecule has 0 N–H and O–H groups in total. The molecular formula is C7H6Cl2O3. The van der Waals surface area contributed by atoms with Crippen molar-refractivity contribution in [3.63, 3.8) is 0 Å². The van der Waals surface area contributed by atoms with Gasteiger partial charge in [-0.05, 0) is 6.07 Å². The highest BCUT2D eigenvalue weighted by Crippen LogP contribution is 2.15. The highest BCUT2D eigenvalue weighted by molar-refractivity contribution is 6.31. The molecule has 0 saturated carbocycles. The lowest BCUT2D eigenvalue weighted by Crippen LogP contribution is -2.33. The third-order valence-corrected chi connectivity index (χ3v) is 1.91. The second kappa shape index (κ2) is 4.64. The van der Waals surface area contributed by atoms with Gasteiger partial charge in [-0.2, -0.15) is 0 Å². The van der Waals surface area contributed by atoms with Crippen molar-refractivity contribution in [2.24, 2.45) is 0 Å². The fourth-order valence-electron chi connectivity index (χ4n) is 0.719. The Kier molecular flexibility index (Phi) is 3.78. The van der Waals surface area contributed by atoms with E-state index in [4.69, 9.17) is 11.6 Å². The van der Waals surface area contributed by atoms with Gasteiger partial charge in [0.15, 0.2) is 6.61 Å². The van der Waals surface area contributed by atoms with Crippen molar-refractivity contribution in [1.29, 1.82) is 0 Å². The second-order valence-electron chi connectivity index (χ2n) is 2.03. The molecule has 0 aliphatic heterocycles. The number of benzene rings is 1. The molecule has 1 aromatic carbocycles. The predicted molar refractivity (Wildman–Crippen MR) is 36.2 cm³/mol. The van der Waals surface area contributed by atoms with Gasteiger partial charge in [0.05, 0.1) is 0 Å². The molecule has 0 atom stereocenters. The second-order valence-corrected chi connectivity index (χ2v) is 3.04. The number of halogens is 2. The van der Waals surface area contributed by atoms with E-state index in [0.29, 0.717) is 10.6 Å². The predicted octanol–water partition coefficient (Wildman–Crippen LogP) is -0.0571. The lowest BCUT2D eigenvalue weighted by atomic mass is 10.2. The first kappa shape index (κ1) is 9.77. The van der Waals surface area contributed by atoms with Crippen molar-refractivity contribution in [2.75, 3.05) is 0 Å². The molecule has 0 spiro atoms. The smallest absolute Gasteiger partial charge is 0.286 e. The molecule has 1 aromatic rings. The van der Waals surface area contributed by atoms with Gasteiger partial charge in [0.1, 0.15) is 0 Å². The SMILES string of the molecule is [O-][Cl+2]([O-])OCc1ccccc1Cl. The molecule has 0 radical (unpaired) electrons. The van der Waals surface area contributed by atoms with Crippen LogP contribution in [0.25, 0.3) is 0 Å². The van der Waals surface area contributed by atoms with Crippen LogP contribution >= 0.6 is 11.6 Å². The van der Waals surface area contributed by atoms with E-state index >= 15 is 0 Å². The first-order valence-electron chi connectivity index (χ1n) is 3.12. The fraction of sp³-hybridized carbons (Fsp3) is 0.143. The largest absolute Gasteiger partial charge is 0.320 e. The number of rotatable bonds is 3. The third kappa shape index (κ3) is 2.97. The summed E-state index contributed by atoms with van der Waals surface area (Å²) < 4.78 is 24.3. The Labute approximate surface area is 77.9 Å². The van der Waals surface area contributed by atoms with Gasteiger partial charge in [0, 0.05) is 14.9 Å². The molecule has 0 saturated heterocycles. The van der Waals surface area contributed by atoms with Crippen molar-refractivity contribution in [2.45, 2.75) is 6.61 Å². The van der Waals surface area contributed by atoms with Crippen molar-refractivity contribution < 1.29 is 24.4 Å². The van der Waals surface area contributed by atoms with Crippen molar-refractivity contribution >= 4 is 11.6 Å². The monoisotopic (exact) mass is 208 g/mol. The summed E-state index contributed by atoms with van der Waals surface area (Å²) in [5.74, 6) is 0. The summed E-state index contributed by atoms with van der Waals surface area (Å²) in [5, 5.41) is 0.497. The minimum Gasteiger partial charge on any atom is -0.320 e. The van der Waals surface area contributed by atoms with Crippen LogP contribution in [0.1, 0.15) is 5.56 Å². The van der Waals surface area contributed by atoms with Crippen LogP contribution in [-0.2, 0) is 10.9 Å². The average Bonchev–Trinajstić information content (AvgIpc) is 2.03. The molecule has 3 nitrogen and oxygen atoms in total. The van der Waals surface area contributed by atoms with Gasteiger partial charge in [0.2, 0.25) is 0 Å². The maximum atomic E-state index is 9.98.